The summed E-state index contributed by atoms with van der Waals surface area (Å²) in [5.74, 6) is 0. The van der Waals surface area contributed by atoms with Crippen molar-refractivity contribution in [3.8, 4) is 0 Å². The Bertz CT molecular complexity index is 203. The van der Waals surface area contributed by atoms with Crippen LogP contribution in [0.1, 0.15) is 12.8 Å². The van der Waals surface area contributed by atoms with Gasteiger partial charge in [0.2, 0.25) is 0 Å². The van der Waals surface area contributed by atoms with Crippen LogP contribution in [-0.4, -0.2) is 44.4 Å². The van der Waals surface area contributed by atoms with Crippen molar-refractivity contribution in [2.24, 2.45) is 5.41 Å². The highest BCUT2D eigenvalue weighted by molar-refractivity contribution is 5.68. The van der Waals surface area contributed by atoms with E-state index in [0.29, 0.717) is 0 Å². The highest BCUT2D eigenvalue weighted by Gasteiger charge is 2.46. The van der Waals surface area contributed by atoms with Crippen LogP contribution >= 0.6 is 0 Å². The Morgan fingerprint density at radius 1 is 1.54 bits per heavy atom. The summed E-state index contributed by atoms with van der Waals surface area (Å²) in [6.07, 6.45) is 2.09. The maximum atomic E-state index is 11.1. The van der Waals surface area contributed by atoms with Gasteiger partial charge in [-0.3, -0.25) is 0 Å². The van der Waals surface area contributed by atoms with Crippen LogP contribution in [0.2, 0.25) is 0 Å². The Balaban J connectivity index is 1.85. The molecule has 0 radical (unpaired) electrons. The van der Waals surface area contributed by atoms with Crippen LogP contribution in [0.25, 0.3) is 0 Å². The summed E-state index contributed by atoms with van der Waals surface area (Å²) in [5.41, 5.74) is 0.256. The molecule has 0 N–H and O–H groups in total. The monoisotopic (exact) mass is 185 g/mol. The van der Waals surface area contributed by atoms with Crippen LogP contribution in [0.4, 0.5) is 4.79 Å². The summed E-state index contributed by atoms with van der Waals surface area (Å²) < 4.78 is 10.0. The molecule has 2 saturated heterocycles. The van der Waals surface area contributed by atoms with Gasteiger partial charge >= 0.3 is 6.09 Å². The summed E-state index contributed by atoms with van der Waals surface area (Å²) in [4.78, 5) is 12.8. The van der Waals surface area contributed by atoms with Gasteiger partial charge in [0.25, 0.3) is 0 Å². The van der Waals surface area contributed by atoms with Gasteiger partial charge in [-0.2, -0.15) is 0 Å². The lowest BCUT2D eigenvalue weighted by Gasteiger charge is -2.50. The second kappa shape index (κ2) is 3.18. The van der Waals surface area contributed by atoms with Gasteiger partial charge in [-0.25, -0.2) is 4.79 Å². The number of likely N-dealkylation sites (tertiary alicyclic amines) is 1. The number of nitrogens with zero attached hydrogens (tertiary/aromatic N) is 1. The lowest BCUT2D eigenvalue weighted by molar-refractivity contribution is -0.0908. The molecule has 0 aromatic carbocycles. The number of carbonyl (C=O) groups excluding carboxylic acids is 1. The van der Waals surface area contributed by atoms with Crippen molar-refractivity contribution in [3.63, 3.8) is 0 Å². The zero-order valence-electron chi connectivity index (χ0n) is 7.91. The zero-order valence-corrected chi connectivity index (χ0v) is 7.91. The van der Waals surface area contributed by atoms with Crippen molar-refractivity contribution in [2.45, 2.75) is 12.8 Å². The van der Waals surface area contributed by atoms with Gasteiger partial charge in [0, 0.05) is 25.1 Å². The number of carbonyl (C=O) groups is 1. The summed E-state index contributed by atoms with van der Waals surface area (Å²) in [7, 11) is 1.42. The van der Waals surface area contributed by atoms with Crippen LogP contribution in [0.5, 0.6) is 0 Å². The molecular formula is C9H15NO3. The van der Waals surface area contributed by atoms with E-state index in [1.807, 2.05) is 0 Å². The highest BCUT2D eigenvalue weighted by atomic mass is 16.5. The topological polar surface area (TPSA) is 38.8 Å². The molecule has 4 heteroatoms. The van der Waals surface area contributed by atoms with Crippen molar-refractivity contribution in [3.05, 3.63) is 0 Å². The Kier molecular flexibility index (Phi) is 2.15. The molecule has 2 heterocycles. The molecule has 0 saturated carbocycles. The number of methoxy groups -OCH3 is 1. The van der Waals surface area contributed by atoms with Gasteiger partial charge in [-0.15, -0.1) is 0 Å². The molecule has 2 rings (SSSR count). The van der Waals surface area contributed by atoms with Crippen LogP contribution in [-0.2, 0) is 9.47 Å². The fourth-order valence-electron chi connectivity index (χ4n) is 2.18. The van der Waals surface area contributed by atoms with E-state index >= 15 is 0 Å². The molecular weight excluding hydrogens is 170 g/mol. The Morgan fingerprint density at radius 3 is 2.85 bits per heavy atom. The second-order valence-electron chi connectivity index (χ2n) is 3.98. The number of amides is 1. The Morgan fingerprint density at radius 2 is 2.31 bits per heavy atom. The van der Waals surface area contributed by atoms with E-state index < -0.39 is 0 Å². The average Bonchev–Trinajstić information content (AvgIpc) is 2.14. The molecule has 2 aliphatic heterocycles. The molecule has 0 atom stereocenters. The number of hydrogen-bond donors (Lipinski definition) is 0. The van der Waals surface area contributed by atoms with Gasteiger partial charge in [-0.1, -0.05) is 0 Å². The van der Waals surface area contributed by atoms with Gasteiger partial charge in [0.15, 0.2) is 0 Å². The molecule has 4 nitrogen and oxygen atoms in total. The lowest BCUT2D eigenvalue weighted by atomic mass is 9.76. The zero-order chi connectivity index (χ0) is 9.31. The first-order chi connectivity index (χ1) is 6.26. The van der Waals surface area contributed by atoms with Crippen molar-refractivity contribution >= 4 is 6.09 Å². The molecule has 1 amide bonds. The molecule has 0 aromatic rings. The van der Waals surface area contributed by atoms with Gasteiger partial charge < -0.3 is 14.4 Å². The maximum absolute atomic E-state index is 11.1. The highest BCUT2D eigenvalue weighted by Crippen LogP contribution is 2.38. The molecule has 0 aromatic heterocycles. The quantitative estimate of drug-likeness (QED) is 0.562. The lowest BCUT2D eigenvalue weighted by Crippen LogP contribution is -2.61. The average molecular weight is 185 g/mol. The predicted molar refractivity (Wildman–Crippen MR) is 46.5 cm³/mol. The fraction of sp³-hybridized carbons (Fsp3) is 0.889. The second-order valence-corrected chi connectivity index (χ2v) is 3.98. The predicted octanol–water partition coefficient (Wildman–Crippen LogP) is 0.865. The Hall–Kier alpha value is -0.770. The first kappa shape index (κ1) is 8.81. The fourth-order valence-corrected chi connectivity index (χ4v) is 2.18. The standard InChI is InChI=1S/C9H15NO3/c1-12-8(11)10-5-9(6-10)3-2-4-13-7-9/h2-7H2,1H3. The molecule has 1 spiro atoms. The third-order valence-corrected chi connectivity index (χ3v) is 2.89. The van der Waals surface area contributed by atoms with Gasteiger partial charge in [-0.05, 0) is 12.8 Å². The minimum atomic E-state index is -0.212. The minimum Gasteiger partial charge on any atom is -0.453 e. The molecule has 0 aliphatic carbocycles. The normalized spacial score (nSPS) is 25.5. The van der Waals surface area contributed by atoms with Crippen LogP contribution in [0.15, 0.2) is 0 Å². The van der Waals surface area contributed by atoms with E-state index in [1.54, 1.807) is 4.90 Å². The first-order valence-corrected chi connectivity index (χ1v) is 4.66. The SMILES string of the molecule is COC(=O)N1CC2(CCCOC2)C1. The summed E-state index contributed by atoms with van der Waals surface area (Å²) >= 11 is 0. The van der Waals surface area contributed by atoms with Crippen molar-refractivity contribution in [1.29, 1.82) is 0 Å². The van der Waals surface area contributed by atoms with E-state index in [0.717, 1.165) is 32.7 Å². The third-order valence-electron chi connectivity index (χ3n) is 2.89. The largest absolute Gasteiger partial charge is 0.453 e. The van der Waals surface area contributed by atoms with Gasteiger partial charge in [0.05, 0.1) is 13.7 Å². The van der Waals surface area contributed by atoms with Gasteiger partial charge in [0.1, 0.15) is 0 Å². The van der Waals surface area contributed by atoms with Crippen molar-refractivity contribution < 1.29 is 14.3 Å². The van der Waals surface area contributed by atoms with E-state index in [-0.39, 0.29) is 11.5 Å². The first-order valence-electron chi connectivity index (χ1n) is 4.66. The maximum Gasteiger partial charge on any atom is 0.409 e. The summed E-state index contributed by atoms with van der Waals surface area (Å²) in [5, 5.41) is 0. The van der Waals surface area contributed by atoms with E-state index in [4.69, 9.17) is 4.74 Å². The third kappa shape index (κ3) is 1.50. The molecule has 2 fully saturated rings. The summed E-state index contributed by atoms with van der Waals surface area (Å²) in [6.45, 7) is 3.29. The molecule has 2 aliphatic rings. The van der Waals surface area contributed by atoms with Crippen molar-refractivity contribution in [2.75, 3.05) is 33.4 Å². The van der Waals surface area contributed by atoms with E-state index in [1.165, 1.54) is 13.5 Å². The smallest absolute Gasteiger partial charge is 0.409 e. The number of hydrogen-bond acceptors (Lipinski definition) is 3. The molecule has 13 heavy (non-hydrogen) atoms. The molecule has 0 unspecified atom stereocenters. The molecule has 74 valence electrons. The van der Waals surface area contributed by atoms with E-state index in [2.05, 4.69) is 4.74 Å². The molecule has 0 bridgehead atoms. The van der Waals surface area contributed by atoms with Crippen molar-refractivity contribution in [1.82, 2.24) is 4.90 Å². The van der Waals surface area contributed by atoms with Crippen LogP contribution < -0.4 is 0 Å². The number of ether oxygens (including phenoxy) is 2. The number of rotatable bonds is 0. The Labute approximate surface area is 77.8 Å². The van der Waals surface area contributed by atoms with E-state index in [9.17, 15) is 4.79 Å². The van der Waals surface area contributed by atoms with Crippen LogP contribution in [0.3, 0.4) is 0 Å². The minimum absolute atomic E-state index is 0.212. The summed E-state index contributed by atoms with van der Waals surface area (Å²) in [6, 6.07) is 0. The van der Waals surface area contributed by atoms with Crippen LogP contribution in [0, 0.1) is 5.41 Å².